The van der Waals surface area contributed by atoms with Crippen LogP contribution in [0.2, 0.25) is 5.02 Å². The number of halogens is 2. The minimum Gasteiger partial charge on any atom is -0.495 e. The molecule has 29 heavy (non-hydrogen) atoms. The van der Waals surface area contributed by atoms with Crippen LogP contribution < -0.4 is 15.0 Å². The Kier molecular flexibility index (Phi) is 5.74. The lowest BCUT2D eigenvalue weighted by Crippen LogP contribution is -2.39. The third-order valence-electron chi connectivity index (χ3n) is 4.61. The number of imide groups is 1. The minimum atomic E-state index is -0.812. The second kappa shape index (κ2) is 8.08. The van der Waals surface area contributed by atoms with E-state index in [4.69, 9.17) is 16.3 Å². The van der Waals surface area contributed by atoms with Crippen LogP contribution in [0.1, 0.15) is 12.5 Å². The Morgan fingerprint density at radius 1 is 1.24 bits per heavy atom. The molecule has 1 fully saturated rings. The normalized spacial score (nSPS) is 16.4. The molecule has 1 aliphatic rings. The Bertz CT molecular complexity index is 980. The van der Waals surface area contributed by atoms with Gasteiger partial charge in [0.25, 0.3) is 5.91 Å². The van der Waals surface area contributed by atoms with Crippen LogP contribution in [0.15, 0.2) is 36.4 Å². The average Bonchev–Trinajstić information content (AvgIpc) is 2.89. The molecule has 7 nitrogen and oxygen atoms in total. The molecule has 152 valence electrons. The molecule has 3 rings (SSSR count). The zero-order valence-electron chi connectivity index (χ0n) is 16.0. The number of anilines is 2. The number of aryl methyl sites for hydroxylation is 1. The van der Waals surface area contributed by atoms with Crippen molar-refractivity contribution in [2.75, 3.05) is 23.9 Å². The second-order valence-electron chi connectivity index (χ2n) is 6.58. The molecule has 0 saturated carbocycles. The molecule has 0 aromatic heterocycles. The van der Waals surface area contributed by atoms with E-state index in [0.717, 1.165) is 10.5 Å². The molecule has 2 aromatic rings. The van der Waals surface area contributed by atoms with Crippen molar-refractivity contribution < 1.29 is 23.5 Å². The number of methoxy groups -OCH3 is 1. The number of ether oxygens (including phenoxy) is 1. The van der Waals surface area contributed by atoms with Crippen molar-refractivity contribution in [2.45, 2.75) is 19.9 Å². The fraction of sp³-hybridized carbons (Fsp3) is 0.250. The van der Waals surface area contributed by atoms with Crippen LogP contribution in [0, 0.1) is 12.7 Å². The first kappa shape index (κ1) is 20.6. The molecule has 1 saturated heterocycles. The smallest absolute Gasteiger partial charge is 0.332 e. The number of nitrogens with one attached hydrogen (secondary N) is 1. The van der Waals surface area contributed by atoms with Crippen LogP contribution in [-0.2, 0) is 9.59 Å². The van der Waals surface area contributed by atoms with Gasteiger partial charge in [-0.15, -0.1) is 0 Å². The number of urea groups is 1. The maximum Gasteiger partial charge on any atom is 0.332 e. The number of hydrogen-bond acceptors (Lipinski definition) is 4. The molecule has 2 aromatic carbocycles. The highest BCUT2D eigenvalue weighted by Gasteiger charge is 2.44. The van der Waals surface area contributed by atoms with Gasteiger partial charge in [-0.2, -0.15) is 0 Å². The Hall–Kier alpha value is -3.13. The van der Waals surface area contributed by atoms with Crippen LogP contribution in [0.25, 0.3) is 0 Å². The molecule has 0 aliphatic carbocycles. The molecule has 1 atom stereocenters. The molecule has 1 unspecified atom stereocenters. The van der Waals surface area contributed by atoms with E-state index in [1.807, 2.05) is 0 Å². The van der Waals surface area contributed by atoms with Crippen molar-refractivity contribution in [2.24, 2.45) is 0 Å². The van der Waals surface area contributed by atoms with Gasteiger partial charge < -0.3 is 10.1 Å². The highest BCUT2D eigenvalue weighted by atomic mass is 35.5. The van der Waals surface area contributed by atoms with Gasteiger partial charge in [-0.3, -0.25) is 19.4 Å². The summed E-state index contributed by atoms with van der Waals surface area (Å²) in [5, 5.41) is 3.12. The van der Waals surface area contributed by atoms with Crippen LogP contribution in [0.3, 0.4) is 0 Å². The van der Waals surface area contributed by atoms with Crippen molar-refractivity contribution in [3.8, 4) is 5.75 Å². The number of hydrogen-bond donors (Lipinski definition) is 1. The molecular weight excluding hydrogens is 401 g/mol. The van der Waals surface area contributed by atoms with E-state index in [9.17, 15) is 18.8 Å². The number of nitrogens with zero attached hydrogens (tertiary/aromatic N) is 2. The summed E-state index contributed by atoms with van der Waals surface area (Å²) in [5.41, 5.74) is 1.48. The summed E-state index contributed by atoms with van der Waals surface area (Å²) < 4.78 is 18.4. The first-order valence-corrected chi connectivity index (χ1v) is 9.15. The van der Waals surface area contributed by atoms with E-state index < -0.39 is 36.2 Å². The van der Waals surface area contributed by atoms with E-state index in [1.54, 1.807) is 26.0 Å². The number of benzene rings is 2. The number of carbonyl (C=O) groups is 3. The minimum absolute atomic E-state index is 0.356. The van der Waals surface area contributed by atoms with Gasteiger partial charge in [0, 0.05) is 16.8 Å². The first-order valence-electron chi connectivity index (χ1n) is 8.77. The predicted octanol–water partition coefficient (Wildman–Crippen LogP) is 3.59. The lowest BCUT2D eigenvalue weighted by atomic mass is 10.2. The van der Waals surface area contributed by atoms with Crippen molar-refractivity contribution in [3.63, 3.8) is 0 Å². The van der Waals surface area contributed by atoms with E-state index in [-0.39, 0.29) is 0 Å². The second-order valence-corrected chi connectivity index (χ2v) is 6.99. The average molecular weight is 420 g/mol. The summed E-state index contributed by atoms with van der Waals surface area (Å²) in [4.78, 5) is 39.9. The summed E-state index contributed by atoms with van der Waals surface area (Å²) in [6.45, 7) is 2.85. The third-order valence-corrected chi connectivity index (χ3v) is 5.02. The summed E-state index contributed by atoms with van der Waals surface area (Å²) in [7, 11) is 1.44. The SMILES string of the molecule is COc1cc(Cl)c(C)cc1NC(=O)CN1C(=O)C(C)N(c2ccc(F)cc2)C1=O. The summed E-state index contributed by atoms with van der Waals surface area (Å²) in [6.07, 6.45) is 0. The van der Waals surface area contributed by atoms with Crippen molar-refractivity contribution in [3.05, 3.63) is 52.8 Å². The largest absolute Gasteiger partial charge is 0.495 e. The third kappa shape index (κ3) is 4.02. The van der Waals surface area contributed by atoms with Crippen LogP contribution in [0.5, 0.6) is 5.75 Å². The molecular formula is C20H19ClFN3O4. The Morgan fingerprint density at radius 3 is 2.52 bits per heavy atom. The van der Waals surface area contributed by atoms with Gasteiger partial charge in [0.2, 0.25) is 5.91 Å². The standard InChI is InChI=1S/C20H19ClFN3O4/c1-11-8-16(17(29-3)9-15(11)21)23-18(26)10-24-19(27)12(2)25(20(24)28)14-6-4-13(22)5-7-14/h4-9,12H,10H2,1-3H3,(H,23,26). The van der Waals surface area contributed by atoms with Crippen molar-refractivity contribution in [1.82, 2.24) is 4.90 Å². The first-order chi connectivity index (χ1) is 13.7. The highest BCUT2D eigenvalue weighted by molar-refractivity contribution is 6.31. The Morgan fingerprint density at radius 2 is 1.90 bits per heavy atom. The van der Waals surface area contributed by atoms with Gasteiger partial charge >= 0.3 is 6.03 Å². The molecule has 1 N–H and O–H groups in total. The molecule has 1 aliphatic heterocycles. The number of rotatable bonds is 5. The van der Waals surface area contributed by atoms with Gasteiger partial charge in [-0.25, -0.2) is 9.18 Å². The van der Waals surface area contributed by atoms with Gasteiger partial charge in [0.1, 0.15) is 24.2 Å². The van der Waals surface area contributed by atoms with Crippen LogP contribution in [-0.4, -0.2) is 42.4 Å². The van der Waals surface area contributed by atoms with E-state index in [0.29, 0.717) is 22.1 Å². The van der Waals surface area contributed by atoms with Crippen molar-refractivity contribution in [1.29, 1.82) is 0 Å². The van der Waals surface area contributed by atoms with Gasteiger partial charge in [-0.05, 0) is 49.7 Å². The van der Waals surface area contributed by atoms with Gasteiger partial charge in [-0.1, -0.05) is 11.6 Å². The summed E-state index contributed by atoms with van der Waals surface area (Å²) in [5.74, 6) is -1.19. The van der Waals surface area contributed by atoms with Crippen LogP contribution in [0.4, 0.5) is 20.6 Å². The van der Waals surface area contributed by atoms with E-state index >= 15 is 0 Å². The van der Waals surface area contributed by atoms with Crippen LogP contribution >= 0.6 is 11.6 Å². The Balaban J connectivity index is 1.77. The monoisotopic (exact) mass is 419 g/mol. The maximum absolute atomic E-state index is 13.2. The molecule has 1 heterocycles. The molecule has 0 spiro atoms. The molecule has 4 amide bonds. The number of amides is 4. The van der Waals surface area contributed by atoms with Gasteiger partial charge in [0.05, 0.1) is 12.8 Å². The van der Waals surface area contributed by atoms with Crippen molar-refractivity contribution >= 4 is 40.8 Å². The molecule has 0 radical (unpaired) electrons. The predicted molar refractivity (Wildman–Crippen MR) is 107 cm³/mol. The molecule has 9 heteroatoms. The zero-order valence-corrected chi connectivity index (χ0v) is 16.8. The highest BCUT2D eigenvalue weighted by Crippen LogP contribution is 2.31. The summed E-state index contributed by atoms with van der Waals surface area (Å²) in [6, 6.07) is 6.95. The van der Waals surface area contributed by atoms with E-state index in [1.165, 1.54) is 36.3 Å². The van der Waals surface area contributed by atoms with E-state index in [2.05, 4.69) is 5.32 Å². The zero-order chi connectivity index (χ0) is 21.3. The number of carbonyl (C=O) groups excluding carboxylic acids is 3. The Labute approximate surface area is 172 Å². The van der Waals surface area contributed by atoms with Gasteiger partial charge in [0.15, 0.2) is 0 Å². The fourth-order valence-corrected chi connectivity index (χ4v) is 3.22. The fourth-order valence-electron chi connectivity index (χ4n) is 3.07. The quantitative estimate of drug-likeness (QED) is 0.751. The lowest BCUT2D eigenvalue weighted by Gasteiger charge is -2.19. The topological polar surface area (TPSA) is 79.0 Å². The summed E-state index contributed by atoms with van der Waals surface area (Å²) >= 11 is 6.06. The molecule has 0 bridgehead atoms. The lowest BCUT2D eigenvalue weighted by molar-refractivity contribution is -0.130. The maximum atomic E-state index is 13.2.